The lowest BCUT2D eigenvalue weighted by molar-refractivity contribution is 0.0697. The third-order valence-electron chi connectivity index (χ3n) is 2.44. The molecule has 0 spiro atoms. The maximum atomic E-state index is 11.0. The lowest BCUT2D eigenvalue weighted by Crippen LogP contribution is -2.00. The van der Waals surface area contributed by atoms with Crippen molar-refractivity contribution in [1.82, 2.24) is 0 Å². The van der Waals surface area contributed by atoms with Gasteiger partial charge in [0.15, 0.2) is 0 Å². The van der Waals surface area contributed by atoms with Crippen LogP contribution in [0.1, 0.15) is 21.7 Å². The molecule has 1 aromatic carbocycles. The van der Waals surface area contributed by atoms with Crippen LogP contribution in [0, 0.1) is 0 Å². The van der Waals surface area contributed by atoms with Crippen molar-refractivity contribution in [2.75, 3.05) is 0 Å². The van der Waals surface area contributed by atoms with Crippen molar-refractivity contribution in [2.45, 2.75) is 0 Å². The Morgan fingerprint density at radius 3 is 2.56 bits per heavy atom. The van der Waals surface area contributed by atoms with E-state index in [2.05, 4.69) is 6.58 Å². The fourth-order valence-corrected chi connectivity index (χ4v) is 2.25. The second kappa shape index (κ2) is 4.88. The van der Waals surface area contributed by atoms with E-state index >= 15 is 0 Å². The highest BCUT2D eigenvalue weighted by atomic mass is 35.5. The van der Waals surface area contributed by atoms with Crippen LogP contribution in [-0.4, -0.2) is 11.1 Å². The van der Waals surface area contributed by atoms with E-state index in [1.165, 1.54) is 18.4 Å². The van der Waals surface area contributed by atoms with Crippen LogP contribution in [0.15, 0.2) is 41.5 Å². The zero-order valence-electron chi connectivity index (χ0n) is 9.11. The van der Waals surface area contributed by atoms with E-state index in [1.54, 1.807) is 12.1 Å². The van der Waals surface area contributed by atoms with E-state index in [0.717, 1.165) is 0 Å². The predicted octanol–water partition coefficient (Wildman–Crippen LogP) is 4.35. The largest absolute Gasteiger partial charge is 0.478 e. The van der Waals surface area contributed by atoms with Crippen LogP contribution in [-0.2, 0) is 0 Å². The fraction of sp³-hybridized carbons (Fsp3) is 0. The quantitative estimate of drug-likeness (QED) is 0.911. The molecular formula is C13H8Cl2O3. The normalized spacial score (nSPS) is 10.3. The summed E-state index contributed by atoms with van der Waals surface area (Å²) >= 11 is 12.1. The highest BCUT2D eigenvalue weighted by molar-refractivity contribution is 6.39. The van der Waals surface area contributed by atoms with Crippen LogP contribution in [0.2, 0.25) is 10.0 Å². The number of hydrogen-bond donors (Lipinski definition) is 1. The highest BCUT2D eigenvalue weighted by Gasteiger charge is 2.19. The summed E-state index contributed by atoms with van der Waals surface area (Å²) in [6.07, 6.45) is 1.49. The molecule has 3 nitrogen and oxygen atoms in total. The second-order valence-corrected chi connectivity index (χ2v) is 4.33. The molecule has 1 N–H and O–H groups in total. The van der Waals surface area contributed by atoms with Crippen molar-refractivity contribution >= 4 is 34.7 Å². The number of halogens is 2. The third-order valence-corrected chi connectivity index (χ3v) is 3.15. The highest BCUT2D eigenvalue weighted by Crippen LogP contribution is 2.36. The van der Waals surface area contributed by atoms with Gasteiger partial charge in [0.2, 0.25) is 0 Å². The monoisotopic (exact) mass is 282 g/mol. The average molecular weight is 283 g/mol. The Bertz CT molecular complexity index is 615. The van der Waals surface area contributed by atoms with Gasteiger partial charge in [0.25, 0.3) is 0 Å². The molecule has 2 aromatic rings. The Labute approximate surface area is 113 Å². The molecule has 0 amide bonds. The standard InChI is InChI=1S/C13H8Cl2O3/c1-7(10-3-2-6-18-10)11-9(14)5-4-8(12(11)15)13(16)17/h2-6H,1H2,(H,16,17). The first-order valence-corrected chi connectivity index (χ1v) is 5.72. The molecule has 0 aliphatic carbocycles. The maximum absolute atomic E-state index is 11.0. The van der Waals surface area contributed by atoms with E-state index in [-0.39, 0.29) is 10.6 Å². The second-order valence-electron chi connectivity index (χ2n) is 3.54. The van der Waals surface area contributed by atoms with Crippen molar-refractivity contribution in [2.24, 2.45) is 0 Å². The maximum Gasteiger partial charge on any atom is 0.337 e. The van der Waals surface area contributed by atoms with Crippen LogP contribution in [0.4, 0.5) is 0 Å². The smallest absolute Gasteiger partial charge is 0.337 e. The molecule has 92 valence electrons. The lowest BCUT2D eigenvalue weighted by Gasteiger charge is -2.10. The number of rotatable bonds is 3. The number of hydrogen-bond acceptors (Lipinski definition) is 2. The zero-order valence-corrected chi connectivity index (χ0v) is 10.6. The molecule has 0 atom stereocenters. The van der Waals surface area contributed by atoms with Gasteiger partial charge in [-0.2, -0.15) is 0 Å². The van der Waals surface area contributed by atoms with Gasteiger partial charge in [-0.1, -0.05) is 29.8 Å². The SMILES string of the molecule is C=C(c1ccco1)c1c(Cl)ccc(C(=O)O)c1Cl. The summed E-state index contributed by atoms with van der Waals surface area (Å²) in [5.74, 6) is -0.633. The summed E-state index contributed by atoms with van der Waals surface area (Å²) in [5.41, 5.74) is 0.787. The summed E-state index contributed by atoms with van der Waals surface area (Å²) in [4.78, 5) is 11.0. The molecule has 0 radical (unpaired) electrons. The number of carbonyl (C=O) groups is 1. The molecule has 0 saturated heterocycles. The first-order valence-electron chi connectivity index (χ1n) is 4.97. The van der Waals surface area contributed by atoms with Gasteiger partial charge in [-0.05, 0) is 24.3 Å². The molecule has 0 bridgehead atoms. The molecule has 0 aliphatic rings. The van der Waals surface area contributed by atoms with Gasteiger partial charge in [-0.25, -0.2) is 4.79 Å². The Kier molecular flexibility index (Phi) is 3.45. The van der Waals surface area contributed by atoms with Crippen LogP contribution >= 0.6 is 23.2 Å². The minimum atomic E-state index is -1.12. The Balaban J connectivity index is 2.60. The van der Waals surface area contributed by atoms with Gasteiger partial charge >= 0.3 is 5.97 Å². The van der Waals surface area contributed by atoms with Crippen LogP contribution in [0.3, 0.4) is 0 Å². The Hall–Kier alpha value is -1.71. The lowest BCUT2D eigenvalue weighted by atomic mass is 10.0. The molecular weight excluding hydrogens is 275 g/mol. The molecule has 18 heavy (non-hydrogen) atoms. The van der Waals surface area contributed by atoms with E-state index < -0.39 is 5.97 Å². The summed E-state index contributed by atoms with van der Waals surface area (Å²) < 4.78 is 5.20. The summed E-state index contributed by atoms with van der Waals surface area (Å²) in [7, 11) is 0. The van der Waals surface area contributed by atoms with Crippen molar-refractivity contribution in [3.8, 4) is 0 Å². The molecule has 0 fully saturated rings. The minimum absolute atomic E-state index is 0.0243. The van der Waals surface area contributed by atoms with E-state index in [1.807, 2.05) is 0 Å². The van der Waals surface area contributed by atoms with E-state index in [4.69, 9.17) is 32.7 Å². The fourth-order valence-electron chi connectivity index (χ4n) is 1.57. The van der Waals surface area contributed by atoms with Crippen molar-refractivity contribution < 1.29 is 14.3 Å². The van der Waals surface area contributed by atoms with Crippen molar-refractivity contribution in [3.05, 3.63) is 64.0 Å². The van der Waals surface area contributed by atoms with Gasteiger partial charge in [0, 0.05) is 11.1 Å². The number of carboxylic acids is 1. The number of furan rings is 1. The molecule has 1 heterocycles. The van der Waals surface area contributed by atoms with E-state index in [0.29, 0.717) is 21.9 Å². The Morgan fingerprint density at radius 1 is 1.28 bits per heavy atom. The first-order chi connectivity index (χ1) is 8.52. The molecule has 0 aliphatic heterocycles. The van der Waals surface area contributed by atoms with E-state index in [9.17, 15) is 4.79 Å². The summed E-state index contributed by atoms with van der Waals surface area (Å²) in [6, 6.07) is 6.22. The third kappa shape index (κ3) is 2.15. The van der Waals surface area contributed by atoms with Crippen molar-refractivity contribution in [3.63, 3.8) is 0 Å². The first kappa shape index (κ1) is 12.7. The molecule has 5 heteroatoms. The summed E-state index contributed by atoms with van der Waals surface area (Å²) in [5, 5.41) is 9.39. The average Bonchev–Trinajstić information content (AvgIpc) is 2.81. The zero-order chi connectivity index (χ0) is 13.3. The van der Waals surface area contributed by atoms with Crippen molar-refractivity contribution in [1.29, 1.82) is 0 Å². The Morgan fingerprint density at radius 2 is 2.00 bits per heavy atom. The number of carboxylic acid groups (broad SMARTS) is 1. The topological polar surface area (TPSA) is 50.4 Å². The molecule has 0 unspecified atom stereocenters. The van der Waals surface area contributed by atoms with Gasteiger partial charge in [-0.3, -0.25) is 0 Å². The molecule has 2 rings (SSSR count). The van der Waals surface area contributed by atoms with Crippen LogP contribution in [0.5, 0.6) is 0 Å². The van der Waals surface area contributed by atoms with Gasteiger partial charge in [0.05, 0.1) is 21.9 Å². The van der Waals surface area contributed by atoms with Crippen LogP contribution < -0.4 is 0 Å². The number of aromatic carboxylic acids is 1. The molecule has 1 aromatic heterocycles. The van der Waals surface area contributed by atoms with Gasteiger partial charge in [0.1, 0.15) is 5.76 Å². The number of benzene rings is 1. The predicted molar refractivity (Wildman–Crippen MR) is 70.3 cm³/mol. The van der Waals surface area contributed by atoms with Crippen LogP contribution in [0.25, 0.3) is 5.57 Å². The van der Waals surface area contributed by atoms with Gasteiger partial charge < -0.3 is 9.52 Å². The molecule has 0 saturated carbocycles. The van der Waals surface area contributed by atoms with Gasteiger partial charge in [-0.15, -0.1) is 0 Å². The summed E-state index contributed by atoms with van der Waals surface area (Å²) in [6.45, 7) is 3.83. The minimum Gasteiger partial charge on any atom is -0.478 e.